The van der Waals surface area contributed by atoms with Crippen LogP contribution in [0.5, 0.6) is 5.75 Å². The van der Waals surface area contributed by atoms with Crippen molar-refractivity contribution in [2.45, 2.75) is 25.7 Å². The van der Waals surface area contributed by atoms with Crippen molar-refractivity contribution in [3.8, 4) is 5.75 Å². The van der Waals surface area contributed by atoms with E-state index >= 15 is 0 Å². The Morgan fingerprint density at radius 3 is 2.14 bits per heavy atom. The van der Waals surface area contributed by atoms with E-state index < -0.39 is 0 Å². The number of phenols is 1. The van der Waals surface area contributed by atoms with Gasteiger partial charge in [-0.3, -0.25) is 0 Å². The lowest BCUT2D eigenvalue weighted by atomic mass is 10.2. The molecule has 0 aliphatic carbocycles. The van der Waals surface area contributed by atoms with Crippen LogP contribution in [-0.2, 0) is 0 Å². The summed E-state index contributed by atoms with van der Waals surface area (Å²) in [4.78, 5) is 18.2. The third-order valence-electron chi connectivity index (χ3n) is 5.95. The molecule has 0 unspecified atom stereocenters. The van der Waals surface area contributed by atoms with Crippen molar-refractivity contribution in [3.63, 3.8) is 0 Å². The molecular weight excluding hydrogens is 501 g/mol. The van der Waals surface area contributed by atoms with Crippen LogP contribution in [0.4, 0.5) is 29.2 Å². The lowest BCUT2D eigenvalue weighted by Gasteiger charge is -2.20. The average molecular weight is 526 g/mol. The fourth-order valence-corrected chi connectivity index (χ4v) is 4.51. The van der Waals surface area contributed by atoms with Gasteiger partial charge in [0.25, 0.3) is 0 Å². The van der Waals surface area contributed by atoms with Crippen molar-refractivity contribution in [3.05, 3.63) is 52.0 Å². The number of rotatable bonds is 7. The van der Waals surface area contributed by atoms with E-state index in [0.717, 1.165) is 51.9 Å². The number of azo groups is 1. The molecule has 0 atom stereocenters. The Bertz CT molecular complexity index is 1250. The highest BCUT2D eigenvalue weighted by molar-refractivity contribution is 6.36. The average Bonchev–Trinajstić information content (AvgIpc) is 3.60. The quantitative estimate of drug-likeness (QED) is 0.222. The summed E-state index contributed by atoms with van der Waals surface area (Å²) in [5, 5.41) is 23.8. The van der Waals surface area contributed by atoms with Crippen LogP contribution in [0, 0.1) is 0 Å². The first-order valence-corrected chi connectivity index (χ1v) is 12.6. The summed E-state index contributed by atoms with van der Waals surface area (Å²) in [5.41, 5.74) is 4.36. The second kappa shape index (κ2) is 11.0. The minimum absolute atomic E-state index is 0.0511. The zero-order valence-electron chi connectivity index (χ0n) is 19.5. The van der Waals surface area contributed by atoms with Gasteiger partial charge in [-0.15, -0.1) is 5.11 Å². The van der Waals surface area contributed by atoms with Gasteiger partial charge < -0.3 is 14.9 Å². The van der Waals surface area contributed by atoms with Crippen molar-refractivity contribution in [1.82, 2.24) is 15.0 Å². The van der Waals surface area contributed by atoms with Crippen molar-refractivity contribution in [2.24, 2.45) is 15.3 Å². The number of nitrogens with zero attached hydrogens (tertiary/aromatic N) is 8. The molecule has 2 aliphatic heterocycles. The molecule has 0 spiro atoms. The van der Waals surface area contributed by atoms with Crippen LogP contribution in [0.15, 0.2) is 51.7 Å². The van der Waals surface area contributed by atoms with Crippen molar-refractivity contribution in [1.29, 1.82) is 0 Å². The Kier molecular flexibility index (Phi) is 7.43. The van der Waals surface area contributed by atoms with Crippen LogP contribution >= 0.6 is 23.2 Å². The molecular formula is C24H25Cl2N9O. The second-order valence-electron chi connectivity index (χ2n) is 8.56. The number of aromatic nitrogens is 3. The van der Waals surface area contributed by atoms with Crippen LogP contribution < -0.4 is 15.2 Å². The van der Waals surface area contributed by atoms with Gasteiger partial charge in [0.15, 0.2) is 0 Å². The molecule has 2 N–H and O–H groups in total. The van der Waals surface area contributed by atoms with Gasteiger partial charge in [-0.05, 0) is 62.1 Å². The van der Waals surface area contributed by atoms with Gasteiger partial charge in [0.2, 0.25) is 17.8 Å². The highest BCUT2D eigenvalue weighted by atomic mass is 35.5. The number of nitrogens with one attached hydrogen (secondary N) is 1. The monoisotopic (exact) mass is 525 g/mol. The number of hydrazone groups is 1. The molecule has 1 aromatic heterocycles. The van der Waals surface area contributed by atoms with Gasteiger partial charge in [0.05, 0.1) is 16.9 Å². The number of anilines is 3. The molecule has 36 heavy (non-hydrogen) atoms. The van der Waals surface area contributed by atoms with Gasteiger partial charge in [0.1, 0.15) is 11.4 Å². The van der Waals surface area contributed by atoms with Crippen LogP contribution in [0.1, 0.15) is 31.2 Å². The number of benzene rings is 2. The number of phenolic OH excluding ortho intramolecular Hbond substituents is 1. The third kappa shape index (κ3) is 5.83. The highest BCUT2D eigenvalue weighted by Crippen LogP contribution is 2.30. The highest BCUT2D eigenvalue weighted by Gasteiger charge is 2.21. The Hall–Kier alpha value is -3.50. The smallest absolute Gasteiger partial charge is 0.250 e. The van der Waals surface area contributed by atoms with E-state index in [9.17, 15) is 5.11 Å². The zero-order valence-corrected chi connectivity index (χ0v) is 21.0. The molecule has 0 radical (unpaired) electrons. The van der Waals surface area contributed by atoms with Crippen molar-refractivity contribution in [2.75, 3.05) is 41.4 Å². The molecule has 2 aromatic carbocycles. The summed E-state index contributed by atoms with van der Waals surface area (Å²) in [5.74, 6) is 1.73. The first-order valence-electron chi connectivity index (χ1n) is 11.8. The van der Waals surface area contributed by atoms with Gasteiger partial charge in [-0.1, -0.05) is 23.2 Å². The number of hydrogen-bond donors (Lipinski definition) is 2. The summed E-state index contributed by atoms with van der Waals surface area (Å²) in [6, 6.07) is 9.80. The SMILES string of the molecule is Oc1ccc(N=Nc2ccc(Cl)cc2Cl)cc1/C=N\Nc1nc(N2CCCC2)nc(N2CCCC2)n1. The first-order chi connectivity index (χ1) is 17.5. The van der Waals surface area contributed by atoms with Gasteiger partial charge in [-0.25, -0.2) is 5.43 Å². The summed E-state index contributed by atoms with van der Waals surface area (Å²) >= 11 is 12.1. The molecule has 12 heteroatoms. The molecule has 3 aromatic rings. The summed E-state index contributed by atoms with van der Waals surface area (Å²) in [6.07, 6.45) is 6.00. The van der Waals surface area contributed by atoms with E-state index in [2.05, 4.69) is 40.5 Å². The number of hydrogen-bond acceptors (Lipinski definition) is 10. The Balaban J connectivity index is 1.33. The Morgan fingerprint density at radius 2 is 1.50 bits per heavy atom. The number of aromatic hydroxyl groups is 1. The minimum Gasteiger partial charge on any atom is -0.507 e. The van der Waals surface area contributed by atoms with Crippen molar-refractivity contribution < 1.29 is 5.11 Å². The van der Waals surface area contributed by atoms with E-state index in [1.165, 1.54) is 12.3 Å². The molecule has 5 rings (SSSR count). The van der Waals surface area contributed by atoms with Gasteiger partial charge in [-0.2, -0.15) is 25.2 Å². The fraction of sp³-hybridized carbons (Fsp3) is 0.333. The van der Waals surface area contributed by atoms with Crippen LogP contribution in [0.3, 0.4) is 0 Å². The maximum atomic E-state index is 10.3. The number of halogens is 2. The molecule has 0 bridgehead atoms. The second-order valence-corrected chi connectivity index (χ2v) is 9.40. The van der Waals surface area contributed by atoms with Gasteiger partial charge >= 0.3 is 0 Å². The lowest BCUT2D eigenvalue weighted by molar-refractivity contribution is 0.474. The first kappa shape index (κ1) is 24.2. The maximum absolute atomic E-state index is 10.3. The molecule has 0 amide bonds. The Labute approximate surface area is 218 Å². The molecule has 186 valence electrons. The summed E-state index contributed by atoms with van der Waals surface area (Å²) in [7, 11) is 0. The largest absolute Gasteiger partial charge is 0.507 e. The summed E-state index contributed by atoms with van der Waals surface area (Å²) in [6.45, 7) is 3.73. The molecule has 10 nitrogen and oxygen atoms in total. The third-order valence-corrected chi connectivity index (χ3v) is 6.49. The van der Waals surface area contributed by atoms with Crippen LogP contribution in [-0.4, -0.2) is 52.5 Å². The van der Waals surface area contributed by atoms with Crippen LogP contribution in [0.2, 0.25) is 10.0 Å². The predicted molar refractivity (Wildman–Crippen MR) is 143 cm³/mol. The van der Waals surface area contributed by atoms with E-state index in [-0.39, 0.29) is 5.75 Å². The van der Waals surface area contributed by atoms with E-state index in [1.54, 1.807) is 30.3 Å². The topological polar surface area (TPSA) is 114 Å². The zero-order chi connectivity index (χ0) is 24.9. The predicted octanol–water partition coefficient (Wildman–Crippen LogP) is 5.95. The minimum atomic E-state index is 0.0511. The Morgan fingerprint density at radius 1 is 0.833 bits per heavy atom. The van der Waals surface area contributed by atoms with E-state index in [1.807, 2.05) is 0 Å². The lowest BCUT2D eigenvalue weighted by Crippen LogP contribution is -2.25. The van der Waals surface area contributed by atoms with Crippen molar-refractivity contribution >= 4 is 58.6 Å². The molecule has 3 heterocycles. The molecule has 2 aliphatic rings. The fourth-order valence-electron chi connectivity index (χ4n) is 4.06. The van der Waals surface area contributed by atoms with Crippen LogP contribution in [0.25, 0.3) is 0 Å². The normalized spacial score (nSPS) is 16.1. The standard InChI is InChI=1S/C24H25Cl2N9O/c25-17-5-7-20(19(26)14-17)32-31-18-6-8-21(36)16(13-18)15-27-33-22-28-23(34-9-1-2-10-34)30-24(29-22)35-11-3-4-12-35/h5-8,13-15,36H,1-4,9-12H2,(H,28,29,30,33)/b27-15-,32-31?. The van der Waals surface area contributed by atoms with E-state index in [4.69, 9.17) is 28.2 Å². The molecule has 2 saturated heterocycles. The van der Waals surface area contributed by atoms with Gasteiger partial charge in [0, 0.05) is 36.8 Å². The maximum Gasteiger partial charge on any atom is 0.250 e. The van der Waals surface area contributed by atoms with E-state index in [0.29, 0.717) is 44.8 Å². The molecule has 0 saturated carbocycles. The summed E-state index contributed by atoms with van der Waals surface area (Å²) < 4.78 is 0. The molecule has 2 fully saturated rings.